The first-order valence-corrected chi connectivity index (χ1v) is 7.85. The van der Waals surface area contributed by atoms with E-state index in [1.807, 2.05) is 49.4 Å². The molecular formula is C14H17NO2S. The lowest BCUT2D eigenvalue weighted by atomic mass is 10.0. The van der Waals surface area contributed by atoms with Crippen LogP contribution < -0.4 is 4.72 Å². The van der Waals surface area contributed by atoms with Crippen molar-refractivity contribution in [3.05, 3.63) is 48.0 Å². The van der Waals surface area contributed by atoms with Crippen LogP contribution in [0.4, 0.5) is 0 Å². The monoisotopic (exact) mass is 263 g/mol. The SMILES string of the molecule is CC[C@H](NS(C)(=O)=O)c1ccc2ccccc2c1. The molecule has 0 aromatic heterocycles. The molecule has 0 fully saturated rings. The second-order valence-corrected chi connectivity index (χ2v) is 6.24. The van der Waals surface area contributed by atoms with Crippen molar-refractivity contribution in [1.82, 2.24) is 4.72 Å². The number of hydrogen-bond acceptors (Lipinski definition) is 2. The van der Waals surface area contributed by atoms with Crippen LogP contribution >= 0.6 is 0 Å². The maximum atomic E-state index is 11.3. The van der Waals surface area contributed by atoms with Gasteiger partial charge in [0.15, 0.2) is 0 Å². The molecule has 4 heteroatoms. The molecule has 0 aliphatic rings. The predicted octanol–water partition coefficient (Wildman–Crippen LogP) is 2.84. The van der Waals surface area contributed by atoms with Crippen molar-refractivity contribution in [2.24, 2.45) is 0 Å². The number of fused-ring (bicyclic) bond motifs is 1. The number of sulfonamides is 1. The van der Waals surface area contributed by atoms with Crippen LogP contribution in [0.15, 0.2) is 42.5 Å². The highest BCUT2D eigenvalue weighted by Crippen LogP contribution is 2.22. The summed E-state index contributed by atoms with van der Waals surface area (Å²) in [4.78, 5) is 0. The zero-order valence-corrected chi connectivity index (χ0v) is 11.4. The van der Waals surface area contributed by atoms with Crippen molar-refractivity contribution in [1.29, 1.82) is 0 Å². The Kier molecular flexibility index (Phi) is 3.68. The van der Waals surface area contributed by atoms with Crippen molar-refractivity contribution in [2.75, 3.05) is 6.26 Å². The first kappa shape index (κ1) is 13.1. The first-order valence-electron chi connectivity index (χ1n) is 5.95. The lowest BCUT2D eigenvalue weighted by Crippen LogP contribution is -2.26. The van der Waals surface area contributed by atoms with Crippen LogP contribution in [0.1, 0.15) is 24.9 Å². The summed E-state index contributed by atoms with van der Waals surface area (Å²) in [6, 6.07) is 13.9. The molecule has 1 atom stereocenters. The summed E-state index contributed by atoms with van der Waals surface area (Å²) >= 11 is 0. The molecule has 0 bridgehead atoms. The molecule has 0 saturated carbocycles. The number of nitrogens with one attached hydrogen (secondary N) is 1. The molecule has 2 aromatic carbocycles. The Morgan fingerprint density at radius 1 is 1.11 bits per heavy atom. The highest BCUT2D eigenvalue weighted by atomic mass is 32.2. The van der Waals surface area contributed by atoms with Crippen LogP contribution in [0.5, 0.6) is 0 Å². The highest BCUT2D eigenvalue weighted by Gasteiger charge is 2.14. The third-order valence-electron chi connectivity index (χ3n) is 2.94. The fraction of sp³-hybridized carbons (Fsp3) is 0.286. The smallest absolute Gasteiger partial charge is 0.209 e. The van der Waals surface area contributed by atoms with Crippen LogP contribution in [-0.4, -0.2) is 14.7 Å². The van der Waals surface area contributed by atoms with E-state index in [0.717, 1.165) is 22.8 Å². The molecule has 0 spiro atoms. The van der Waals surface area contributed by atoms with Gasteiger partial charge in [-0.2, -0.15) is 0 Å². The normalized spacial score (nSPS) is 13.7. The van der Waals surface area contributed by atoms with Crippen LogP contribution in [0.2, 0.25) is 0 Å². The van der Waals surface area contributed by atoms with Gasteiger partial charge in [0.05, 0.1) is 6.26 Å². The van der Waals surface area contributed by atoms with Gasteiger partial charge in [-0.1, -0.05) is 43.3 Å². The summed E-state index contributed by atoms with van der Waals surface area (Å²) in [6.45, 7) is 1.97. The molecule has 3 nitrogen and oxygen atoms in total. The predicted molar refractivity (Wildman–Crippen MR) is 75.0 cm³/mol. The Morgan fingerprint density at radius 3 is 2.39 bits per heavy atom. The molecule has 2 rings (SSSR count). The van der Waals surface area contributed by atoms with Crippen molar-refractivity contribution >= 4 is 20.8 Å². The number of benzene rings is 2. The zero-order valence-electron chi connectivity index (χ0n) is 10.6. The van der Waals surface area contributed by atoms with Crippen LogP contribution in [0.25, 0.3) is 10.8 Å². The van der Waals surface area contributed by atoms with Gasteiger partial charge in [0, 0.05) is 6.04 Å². The Hall–Kier alpha value is -1.39. The summed E-state index contributed by atoms with van der Waals surface area (Å²) in [6.07, 6.45) is 1.92. The second-order valence-electron chi connectivity index (χ2n) is 4.46. The lowest BCUT2D eigenvalue weighted by Gasteiger charge is -2.16. The van der Waals surface area contributed by atoms with Gasteiger partial charge in [0.1, 0.15) is 0 Å². The molecule has 1 N–H and O–H groups in total. The quantitative estimate of drug-likeness (QED) is 0.922. The van der Waals surface area contributed by atoms with E-state index in [0.29, 0.717) is 0 Å². The van der Waals surface area contributed by atoms with Crippen molar-refractivity contribution in [3.63, 3.8) is 0 Å². The third kappa shape index (κ3) is 3.09. The molecule has 0 saturated heterocycles. The van der Waals surface area contributed by atoms with E-state index >= 15 is 0 Å². The van der Waals surface area contributed by atoms with Gasteiger partial charge in [0.25, 0.3) is 0 Å². The van der Waals surface area contributed by atoms with E-state index in [1.165, 1.54) is 6.26 Å². The van der Waals surface area contributed by atoms with Crippen molar-refractivity contribution < 1.29 is 8.42 Å². The minimum Gasteiger partial charge on any atom is -0.213 e. The lowest BCUT2D eigenvalue weighted by molar-refractivity contribution is 0.556. The molecular weight excluding hydrogens is 246 g/mol. The molecule has 0 amide bonds. The van der Waals surface area contributed by atoms with Gasteiger partial charge in [-0.25, -0.2) is 13.1 Å². The highest BCUT2D eigenvalue weighted by molar-refractivity contribution is 7.88. The second kappa shape index (κ2) is 5.08. The minimum absolute atomic E-state index is 0.162. The van der Waals surface area contributed by atoms with E-state index in [-0.39, 0.29) is 6.04 Å². The first-order chi connectivity index (χ1) is 8.49. The van der Waals surface area contributed by atoms with Crippen LogP contribution in [0, 0.1) is 0 Å². The Balaban J connectivity index is 2.39. The molecule has 18 heavy (non-hydrogen) atoms. The van der Waals surface area contributed by atoms with E-state index in [2.05, 4.69) is 4.72 Å². The Morgan fingerprint density at radius 2 is 1.78 bits per heavy atom. The van der Waals surface area contributed by atoms with Gasteiger partial charge in [-0.05, 0) is 28.8 Å². The zero-order chi connectivity index (χ0) is 13.2. The van der Waals surface area contributed by atoms with Gasteiger partial charge < -0.3 is 0 Å². The Labute approximate surface area is 108 Å². The average Bonchev–Trinajstić information content (AvgIpc) is 2.34. The van der Waals surface area contributed by atoms with Gasteiger partial charge >= 0.3 is 0 Å². The molecule has 0 radical (unpaired) electrons. The fourth-order valence-electron chi connectivity index (χ4n) is 2.07. The van der Waals surface area contributed by atoms with Crippen molar-refractivity contribution in [3.8, 4) is 0 Å². The van der Waals surface area contributed by atoms with Gasteiger partial charge in [-0.3, -0.25) is 0 Å². The maximum Gasteiger partial charge on any atom is 0.209 e. The average molecular weight is 263 g/mol. The largest absolute Gasteiger partial charge is 0.213 e. The standard InChI is InChI=1S/C14H17NO2S/c1-3-14(15-18(2,16)17)13-9-8-11-6-4-5-7-12(11)10-13/h4-10,14-15H,3H2,1-2H3/t14-/m0/s1. The van der Waals surface area contributed by atoms with Gasteiger partial charge in [0.2, 0.25) is 10.0 Å². The summed E-state index contributed by atoms with van der Waals surface area (Å²) < 4.78 is 25.3. The summed E-state index contributed by atoms with van der Waals surface area (Å²) in [5, 5.41) is 2.29. The molecule has 2 aromatic rings. The summed E-state index contributed by atoms with van der Waals surface area (Å²) in [5.74, 6) is 0. The van der Waals surface area contributed by atoms with Crippen molar-refractivity contribution in [2.45, 2.75) is 19.4 Å². The molecule has 0 aliphatic heterocycles. The Bertz CT molecular complexity index is 650. The third-order valence-corrected chi connectivity index (χ3v) is 3.65. The van der Waals surface area contributed by atoms with E-state index in [9.17, 15) is 8.42 Å². The number of hydrogen-bond donors (Lipinski definition) is 1. The molecule has 0 unspecified atom stereocenters. The summed E-state index contributed by atoms with van der Waals surface area (Å²) in [5.41, 5.74) is 1.00. The van der Waals surface area contributed by atoms with Crippen LogP contribution in [-0.2, 0) is 10.0 Å². The minimum atomic E-state index is -3.19. The molecule has 0 heterocycles. The molecule has 96 valence electrons. The van der Waals surface area contributed by atoms with E-state index in [4.69, 9.17) is 0 Å². The van der Waals surface area contributed by atoms with E-state index in [1.54, 1.807) is 0 Å². The van der Waals surface area contributed by atoms with E-state index < -0.39 is 10.0 Å². The summed E-state index contributed by atoms with van der Waals surface area (Å²) in [7, 11) is -3.19. The van der Waals surface area contributed by atoms with Crippen LogP contribution in [0.3, 0.4) is 0 Å². The number of rotatable bonds is 4. The maximum absolute atomic E-state index is 11.3. The molecule has 0 aliphatic carbocycles. The topological polar surface area (TPSA) is 46.2 Å². The fourth-order valence-corrected chi connectivity index (χ4v) is 2.89. The van der Waals surface area contributed by atoms with Gasteiger partial charge in [-0.15, -0.1) is 0 Å².